The molecule has 39 heavy (non-hydrogen) atoms. The van der Waals surface area contributed by atoms with Gasteiger partial charge in [-0.25, -0.2) is 0 Å². The summed E-state index contributed by atoms with van der Waals surface area (Å²) in [5, 5.41) is 0. The van der Waals surface area contributed by atoms with Crippen molar-refractivity contribution >= 4 is 11.8 Å². The number of ether oxygens (including phenoxy) is 1. The van der Waals surface area contributed by atoms with Crippen molar-refractivity contribution in [2.75, 3.05) is 6.61 Å². The number of halogens is 6. The minimum atomic E-state index is -4.95. The number of amides is 2. The molecule has 2 atom stereocenters. The summed E-state index contributed by atoms with van der Waals surface area (Å²) in [4.78, 5) is 27.4. The second kappa shape index (κ2) is 9.82. The van der Waals surface area contributed by atoms with Crippen molar-refractivity contribution in [3.8, 4) is 0 Å². The molecule has 0 radical (unpaired) electrons. The van der Waals surface area contributed by atoms with E-state index in [4.69, 9.17) is 4.74 Å². The van der Waals surface area contributed by atoms with Crippen LogP contribution in [0.2, 0.25) is 0 Å². The Morgan fingerprint density at radius 3 is 1.87 bits per heavy atom. The zero-order chi connectivity index (χ0) is 28.0. The van der Waals surface area contributed by atoms with Gasteiger partial charge >= 0.3 is 12.4 Å². The summed E-state index contributed by atoms with van der Waals surface area (Å²) >= 11 is 0. The molecule has 204 valence electrons. The number of alkyl halides is 6. The molecule has 4 nitrogen and oxygen atoms in total. The molecule has 10 heteroatoms. The number of hydrogen-bond donors (Lipinski definition) is 0. The fraction of sp³-hybridized carbons (Fsp3) is 0.310. The van der Waals surface area contributed by atoms with Crippen LogP contribution in [-0.2, 0) is 29.1 Å². The summed E-state index contributed by atoms with van der Waals surface area (Å²) < 4.78 is 85.4. The zero-order valence-corrected chi connectivity index (χ0v) is 20.5. The fourth-order valence-electron chi connectivity index (χ4n) is 5.59. The summed E-state index contributed by atoms with van der Waals surface area (Å²) in [5.74, 6) is -0.761. The van der Waals surface area contributed by atoms with Crippen LogP contribution in [0.1, 0.15) is 62.2 Å². The average molecular weight is 547 g/mol. The maximum Gasteiger partial charge on any atom is 0.416 e. The van der Waals surface area contributed by atoms with E-state index in [0.717, 1.165) is 5.56 Å². The number of benzene rings is 3. The fourth-order valence-corrected chi connectivity index (χ4v) is 5.59. The Morgan fingerprint density at radius 2 is 1.33 bits per heavy atom. The topological polar surface area (TPSA) is 46.6 Å². The van der Waals surface area contributed by atoms with Gasteiger partial charge in [0.25, 0.3) is 11.8 Å². The number of rotatable bonds is 6. The van der Waals surface area contributed by atoms with Gasteiger partial charge in [0.05, 0.1) is 35.5 Å². The van der Waals surface area contributed by atoms with E-state index in [1.165, 1.54) is 4.90 Å². The number of carbonyl (C=O) groups excluding carboxylic acids is 2. The van der Waals surface area contributed by atoms with E-state index in [2.05, 4.69) is 0 Å². The summed E-state index contributed by atoms with van der Waals surface area (Å²) in [6.45, 7) is -0.493. The van der Waals surface area contributed by atoms with Gasteiger partial charge in [-0.3, -0.25) is 14.5 Å². The monoisotopic (exact) mass is 547 g/mol. The molecule has 5 rings (SSSR count). The summed E-state index contributed by atoms with van der Waals surface area (Å²) in [6, 6.07) is 16.7. The Morgan fingerprint density at radius 1 is 0.795 bits per heavy atom. The normalized spacial score (nSPS) is 21.5. The Labute approximate surface area is 220 Å². The van der Waals surface area contributed by atoms with Crippen LogP contribution in [0.25, 0.3) is 0 Å². The quantitative estimate of drug-likeness (QED) is 0.246. The molecule has 3 aromatic rings. The summed E-state index contributed by atoms with van der Waals surface area (Å²) in [6.07, 6.45) is -8.57. The third-order valence-electron chi connectivity index (χ3n) is 7.45. The van der Waals surface area contributed by atoms with E-state index >= 15 is 0 Å². The van der Waals surface area contributed by atoms with Crippen LogP contribution in [0.4, 0.5) is 26.3 Å². The lowest BCUT2D eigenvalue weighted by Gasteiger charge is -2.31. The highest BCUT2D eigenvalue weighted by atomic mass is 19.4. The molecule has 0 saturated heterocycles. The van der Waals surface area contributed by atoms with Crippen molar-refractivity contribution in [1.82, 2.24) is 4.90 Å². The van der Waals surface area contributed by atoms with E-state index in [-0.39, 0.29) is 30.1 Å². The van der Waals surface area contributed by atoms with Crippen LogP contribution in [0, 0.1) is 0 Å². The van der Waals surface area contributed by atoms with Crippen LogP contribution in [0.15, 0.2) is 72.8 Å². The Hall–Kier alpha value is -3.66. The van der Waals surface area contributed by atoms with Gasteiger partial charge in [0.1, 0.15) is 0 Å². The Balaban J connectivity index is 1.38. The van der Waals surface area contributed by atoms with Gasteiger partial charge in [0, 0.05) is 11.5 Å². The Kier molecular flexibility index (Phi) is 6.78. The molecule has 1 aliphatic heterocycles. The molecule has 1 aliphatic carbocycles. The summed E-state index contributed by atoms with van der Waals surface area (Å²) in [5.41, 5.74) is -2.24. The van der Waals surface area contributed by atoms with Crippen molar-refractivity contribution in [2.45, 2.75) is 49.7 Å². The zero-order valence-electron chi connectivity index (χ0n) is 20.5. The van der Waals surface area contributed by atoms with Gasteiger partial charge in [-0.2, -0.15) is 26.3 Å². The van der Waals surface area contributed by atoms with Crippen molar-refractivity contribution in [2.24, 2.45) is 0 Å². The number of fused-ring (bicyclic) bond motifs is 1. The molecule has 0 unspecified atom stereocenters. The predicted molar refractivity (Wildman–Crippen MR) is 129 cm³/mol. The van der Waals surface area contributed by atoms with Crippen LogP contribution >= 0.6 is 0 Å². The standard InChI is InChI=1S/C29H23F6NO3/c30-28(31,32)20-12-18(13-21(14-20)29(33,34)35)16-39-17-27(19-6-2-1-3-7-19)11-10-22(15-27)36-25(37)23-8-4-5-9-24(23)26(36)38/h1-9,12-14,22H,10-11,15-17H2/t22-,27-/m1/s1. The number of carbonyl (C=O) groups is 2. The number of nitrogens with zero attached hydrogens (tertiary/aromatic N) is 1. The van der Waals surface area contributed by atoms with Crippen LogP contribution in [-0.4, -0.2) is 29.4 Å². The first-order chi connectivity index (χ1) is 18.4. The Bertz CT molecular complexity index is 1330. The first kappa shape index (κ1) is 26.9. The molecule has 1 saturated carbocycles. The largest absolute Gasteiger partial charge is 0.416 e. The SMILES string of the molecule is O=C1c2ccccc2C(=O)N1[C@@H]1CC[C@@](COCc2cc(C(F)(F)F)cc(C(F)(F)F)c2)(c2ccccc2)C1. The van der Waals surface area contributed by atoms with Gasteiger partial charge in [-0.1, -0.05) is 42.5 Å². The molecule has 0 aromatic heterocycles. The van der Waals surface area contributed by atoms with Crippen LogP contribution in [0.5, 0.6) is 0 Å². The van der Waals surface area contributed by atoms with Gasteiger partial charge in [-0.15, -0.1) is 0 Å². The van der Waals surface area contributed by atoms with Gasteiger partial charge in [-0.05, 0) is 60.7 Å². The average Bonchev–Trinajstić information content (AvgIpc) is 3.43. The van der Waals surface area contributed by atoms with E-state index in [1.807, 2.05) is 30.3 Å². The van der Waals surface area contributed by atoms with Crippen molar-refractivity contribution in [3.63, 3.8) is 0 Å². The number of imide groups is 1. The first-order valence-electron chi connectivity index (χ1n) is 12.3. The lowest BCUT2D eigenvalue weighted by atomic mass is 9.79. The van der Waals surface area contributed by atoms with Crippen molar-refractivity contribution in [1.29, 1.82) is 0 Å². The first-order valence-corrected chi connectivity index (χ1v) is 12.3. The highest BCUT2D eigenvalue weighted by molar-refractivity contribution is 6.21. The maximum atomic E-state index is 13.3. The van der Waals surface area contributed by atoms with Gasteiger partial charge in [0.2, 0.25) is 0 Å². The lowest BCUT2D eigenvalue weighted by molar-refractivity contribution is -0.143. The maximum absolute atomic E-state index is 13.3. The molecule has 1 fully saturated rings. The second-order valence-electron chi connectivity index (χ2n) is 9.98. The van der Waals surface area contributed by atoms with E-state index in [9.17, 15) is 35.9 Å². The van der Waals surface area contributed by atoms with Crippen LogP contribution in [0.3, 0.4) is 0 Å². The smallest absolute Gasteiger partial charge is 0.376 e. The molecule has 2 aliphatic rings. The van der Waals surface area contributed by atoms with E-state index in [1.54, 1.807) is 24.3 Å². The molecule has 1 heterocycles. The molecular formula is C29H23F6NO3. The molecule has 0 N–H and O–H groups in total. The molecule has 2 amide bonds. The highest BCUT2D eigenvalue weighted by Crippen LogP contribution is 2.45. The van der Waals surface area contributed by atoms with Crippen molar-refractivity contribution in [3.05, 3.63) is 106 Å². The lowest BCUT2D eigenvalue weighted by Crippen LogP contribution is -2.40. The summed E-state index contributed by atoms with van der Waals surface area (Å²) in [7, 11) is 0. The van der Waals surface area contributed by atoms with Crippen molar-refractivity contribution < 1.29 is 40.7 Å². The highest BCUT2D eigenvalue weighted by Gasteiger charge is 2.48. The van der Waals surface area contributed by atoms with Gasteiger partial charge in [0.15, 0.2) is 0 Å². The molecule has 3 aromatic carbocycles. The minimum Gasteiger partial charge on any atom is -0.376 e. The van der Waals surface area contributed by atoms with E-state index < -0.39 is 41.5 Å². The third kappa shape index (κ3) is 5.17. The van der Waals surface area contributed by atoms with E-state index in [0.29, 0.717) is 42.5 Å². The molecule has 0 bridgehead atoms. The predicted octanol–water partition coefficient (Wildman–Crippen LogP) is 7.03. The van der Waals surface area contributed by atoms with Gasteiger partial charge < -0.3 is 4.74 Å². The third-order valence-corrected chi connectivity index (χ3v) is 7.45. The van der Waals surface area contributed by atoms with Crippen LogP contribution < -0.4 is 0 Å². The second-order valence-corrected chi connectivity index (χ2v) is 9.98. The minimum absolute atomic E-state index is 0.0196. The molecule has 0 spiro atoms. The molecular weight excluding hydrogens is 524 g/mol. The number of hydrogen-bond acceptors (Lipinski definition) is 3.